The molecule has 1 heterocycles. The molecule has 1 aromatic rings. The largest absolute Gasteiger partial charge is 0.399 e. The lowest BCUT2D eigenvalue weighted by Gasteiger charge is -2.22. The van der Waals surface area contributed by atoms with E-state index >= 15 is 0 Å². The molecule has 5 nitrogen and oxygen atoms in total. The van der Waals surface area contributed by atoms with Crippen molar-refractivity contribution in [2.24, 2.45) is 0 Å². The first-order valence-corrected chi connectivity index (χ1v) is 8.44. The van der Waals surface area contributed by atoms with Gasteiger partial charge in [-0.2, -0.15) is 0 Å². The highest BCUT2D eigenvalue weighted by Crippen LogP contribution is 2.24. The van der Waals surface area contributed by atoms with Crippen molar-refractivity contribution in [3.05, 3.63) is 29.8 Å². The van der Waals surface area contributed by atoms with Crippen LogP contribution in [0.3, 0.4) is 0 Å². The normalized spacial score (nSPS) is 25.3. The topological polar surface area (TPSA) is 83.6 Å². The smallest absolute Gasteiger partial charge is 0.218 e. The van der Waals surface area contributed by atoms with E-state index < -0.39 is 15.6 Å². The number of hydrogen-bond donors (Lipinski definition) is 2. The molecule has 1 aromatic carbocycles. The second-order valence-electron chi connectivity index (χ2n) is 5.75. The molecule has 0 amide bonds. The highest BCUT2D eigenvalue weighted by atomic mass is 32.2. The van der Waals surface area contributed by atoms with Crippen LogP contribution in [0.2, 0.25) is 0 Å². The Bertz CT molecular complexity index is 570. The van der Waals surface area contributed by atoms with Gasteiger partial charge in [-0.3, -0.25) is 0 Å². The van der Waals surface area contributed by atoms with Crippen molar-refractivity contribution in [1.29, 1.82) is 0 Å². The lowest BCUT2D eigenvalue weighted by atomic mass is 9.98. The molecule has 1 atom stereocenters. The Morgan fingerprint density at radius 1 is 1.35 bits per heavy atom. The van der Waals surface area contributed by atoms with Gasteiger partial charge in [-0.05, 0) is 43.9 Å². The molecular weight excluding hydrogens is 276 g/mol. The van der Waals surface area contributed by atoms with Gasteiger partial charge in [0.2, 0.25) is 10.0 Å². The standard InChI is InChI=1S/C14H22N2O3S/c1-14(17)6-3-8-16(9-7-14)20(18,19)11-12-4-2-5-13(15)10-12/h2,4-5,10,17H,3,6-9,11,15H2,1H3. The number of nitrogens with zero attached hydrogens (tertiary/aromatic N) is 1. The summed E-state index contributed by atoms with van der Waals surface area (Å²) in [5.74, 6) is -0.0415. The molecule has 0 bridgehead atoms. The van der Waals surface area contributed by atoms with Crippen LogP contribution in [0, 0.1) is 0 Å². The van der Waals surface area contributed by atoms with Crippen molar-refractivity contribution >= 4 is 15.7 Å². The van der Waals surface area contributed by atoms with Crippen molar-refractivity contribution in [1.82, 2.24) is 4.31 Å². The zero-order chi connectivity index (χ0) is 14.8. The van der Waals surface area contributed by atoms with Crippen molar-refractivity contribution in [3.8, 4) is 0 Å². The summed E-state index contributed by atoms with van der Waals surface area (Å²) in [5, 5.41) is 10.0. The summed E-state index contributed by atoms with van der Waals surface area (Å²) in [6, 6.07) is 6.94. The molecule has 0 radical (unpaired) electrons. The summed E-state index contributed by atoms with van der Waals surface area (Å²) in [5.41, 5.74) is 6.17. The van der Waals surface area contributed by atoms with Crippen LogP contribution in [0.5, 0.6) is 0 Å². The van der Waals surface area contributed by atoms with Crippen LogP contribution in [0.15, 0.2) is 24.3 Å². The average Bonchev–Trinajstić information content (AvgIpc) is 2.50. The van der Waals surface area contributed by atoms with Crippen LogP contribution in [0.4, 0.5) is 5.69 Å². The summed E-state index contributed by atoms with van der Waals surface area (Å²) >= 11 is 0. The van der Waals surface area contributed by atoms with E-state index in [-0.39, 0.29) is 5.75 Å². The van der Waals surface area contributed by atoms with Crippen molar-refractivity contribution < 1.29 is 13.5 Å². The van der Waals surface area contributed by atoms with Crippen molar-refractivity contribution in [3.63, 3.8) is 0 Å². The third-order valence-corrected chi connectivity index (χ3v) is 5.57. The van der Waals surface area contributed by atoms with Gasteiger partial charge in [-0.25, -0.2) is 12.7 Å². The second-order valence-corrected chi connectivity index (χ2v) is 7.72. The van der Waals surface area contributed by atoms with Crippen LogP contribution < -0.4 is 5.73 Å². The van der Waals surface area contributed by atoms with Gasteiger partial charge in [0, 0.05) is 18.8 Å². The summed E-state index contributed by atoms with van der Waals surface area (Å²) in [4.78, 5) is 0. The zero-order valence-corrected chi connectivity index (χ0v) is 12.6. The molecule has 3 N–H and O–H groups in total. The van der Waals surface area contributed by atoms with Gasteiger partial charge in [0.1, 0.15) is 0 Å². The van der Waals surface area contributed by atoms with Crippen LogP contribution >= 0.6 is 0 Å². The molecule has 1 fully saturated rings. The van der Waals surface area contributed by atoms with E-state index in [0.29, 0.717) is 43.6 Å². The van der Waals surface area contributed by atoms with Crippen LogP contribution in [-0.4, -0.2) is 36.5 Å². The first-order chi connectivity index (χ1) is 9.28. The van der Waals surface area contributed by atoms with E-state index in [1.165, 1.54) is 4.31 Å². The Hall–Kier alpha value is -1.11. The van der Waals surface area contributed by atoms with Crippen LogP contribution in [0.1, 0.15) is 31.7 Å². The minimum absolute atomic E-state index is 0.0415. The van der Waals surface area contributed by atoms with Crippen molar-refractivity contribution in [2.75, 3.05) is 18.8 Å². The molecule has 1 saturated heterocycles. The zero-order valence-electron chi connectivity index (χ0n) is 11.7. The van der Waals surface area contributed by atoms with E-state index in [4.69, 9.17) is 5.73 Å². The Balaban J connectivity index is 2.10. The minimum Gasteiger partial charge on any atom is -0.399 e. The fourth-order valence-electron chi connectivity index (χ4n) is 2.50. The minimum atomic E-state index is -3.36. The van der Waals surface area contributed by atoms with Gasteiger partial charge in [0.25, 0.3) is 0 Å². The highest BCUT2D eigenvalue weighted by molar-refractivity contribution is 7.88. The number of nitrogens with two attached hydrogens (primary N) is 1. The lowest BCUT2D eigenvalue weighted by Crippen LogP contribution is -2.34. The Morgan fingerprint density at radius 2 is 2.10 bits per heavy atom. The molecule has 0 aliphatic carbocycles. The van der Waals surface area contributed by atoms with Gasteiger partial charge >= 0.3 is 0 Å². The fourth-order valence-corrected chi connectivity index (χ4v) is 4.06. The summed E-state index contributed by atoms with van der Waals surface area (Å²) in [6.45, 7) is 2.61. The third-order valence-electron chi connectivity index (χ3n) is 3.72. The first kappa shape index (κ1) is 15.3. The maximum Gasteiger partial charge on any atom is 0.218 e. The molecule has 6 heteroatoms. The quantitative estimate of drug-likeness (QED) is 0.825. The molecule has 1 aliphatic rings. The molecule has 1 unspecified atom stereocenters. The second kappa shape index (κ2) is 5.71. The van der Waals surface area contributed by atoms with Gasteiger partial charge in [0.05, 0.1) is 11.4 Å². The SMILES string of the molecule is CC1(O)CCCN(S(=O)(=O)Cc2cccc(N)c2)CC1. The summed E-state index contributed by atoms with van der Waals surface area (Å²) < 4.78 is 26.4. The van der Waals surface area contributed by atoms with Crippen LogP contribution in [-0.2, 0) is 15.8 Å². The predicted octanol–water partition coefficient (Wildman–Crippen LogP) is 1.34. The fraction of sp³-hybridized carbons (Fsp3) is 0.571. The van der Waals surface area contributed by atoms with E-state index in [1.807, 2.05) is 0 Å². The number of hydrogen-bond acceptors (Lipinski definition) is 4. The maximum atomic E-state index is 12.4. The van der Waals surface area contributed by atoms with E-state index in [1.54, 1.807) is 31.2 Å². The number of nitrogen functional groups attached to an aromatic ring is 1. The highest BCUT2D eigenvalue weighted by Gasteiger charge is 2.30. The molecular formula is C14H22N2O3S. The molecule has 0 spiro atoms. The van der Waals surface area contributed by atoms with E-state index in [2.05, 4.69) is 0 Å². The van der Waals surface area contributed by atoms with Gasteiger partial charge in [-0.1, -0.05) is 12.1 Å². The summed E-state index contributed by atoms with van der Waals surface area (Å²) in [6.07, 6.45) is 1.80. The van der Waals surface area contributed by atoms with E-state index in [9.17, 15) is 13.5 Å². The average molecular weight is 298 g/mol. The number of benzene rings is 1. The third kappa shape index (κ3) is 3.94. The van der Waals surface area contributed by atoms with Crippen LogP contribution in [0.25, 0.3) is 0 Å². The van der Waals surface area contributed by atoms with Gasteiger partial charge in [-0.15, -0.1) is 0 Å². The molecule has 112 valence electrons. The molecule has 0 saturated carbocycles. The molecule has 2 rings (SSSR count). The molecule has 1 aliphatic heterocycles. The number of sulfonamides is 1. The molecule has 0 aromatic heterocycles. The number of rotatable bonds is 3. The molecule has 20 heavy (non-hydrogen) atoms. The lowest BCUT2D eigenvalue weighted by molar-refractivity contribution is 0.0465. The Morgan fingerprint density at radius 3 is 2.80 bits per heavy atom. The van der Waals surface area contributed by atoms with E-state index in [0.717, 1.165) is 0 Å². The number of anilines is 1. The first-order valence-electron chi connectivity index (χ1n) is 6.83. The van der Waals surface area contributed by atoms with Gasteiger partial charge < -0.3 is 10.8 Å². The predicted molar refractivity (Wildman–Crippen MR) is 79.5 cm³/mol. The van der Waals surface area contributed by atoms with Gasteiger partial charge in [0.15, 0.2) is 0 Å². The Kier molecular flexibility index (Phi) is 4.36. The van der Waals surface area contributed by atoms with Crippen molar-refractivity contribution in [2.45, 2.75) is 37.5 Å². The Labute approximate surface area is 120 Å². The monoisotopic (exact) mass is 298 g/mol. The summed E-state index contributed by atoms with van der Waals surface area (Å²) in [7, 11) is -3.36. The number of aliphatic hydroxyl groups is 1. The maximum absolute atomic E-state index is 12.4.